The lowest BCUT2D eigenvalue weighted by atomic mass is 10.0. The van der Waals surface area contributed by atoms with Gasteiger partial charge in [0.2, 0.25) is 0 Å². The summed E-state index contributed by atoms with van der Waals surface area (Å²) in [7, 11) is 0. The lowest BCUT2D eigenvalue weighted by molar-refractivity contribution is 0.0706. The molecule has 1 aromatic heterocycles. The van der Waals surface area contributed by atoms with Crippen molar-refractivity contribution in [1.29, 1.82) is 0 Å². The Balaban J connectivity index is 1.94. The number of hydrogen-bond acceptors (Lipinski definition) is 4. The fraction of sp³-hybridized carbons (Fsp3) is 0.250. The molecule has 0 aliphatic carbocycles. The van der Waals surface area contributed by atoms with Crippen molar-refractivity contribution < 1.29 is 19.4 Å². The SMILES string of the molecule is O=C(c1ncccc1O)N1C[C@H](O)C[C@H]1c1cccc(F)c1. The number of halogens is 1. The minimum atomic E-state index is -0.692. The first kappa shape index (κ1) is 14.5. The van der Waals surface area contributed by atoms with Crippen LogP contribution in [-0.4, -0.2) is 38.7 Å². The number of aliphatic hydroxyl groups excluding tert-OH is 1. The third-order valence-electron chi connectivity index (χ3n) is 3.76. The van der Waals surface area contributed by atoms with E-state index < -0.39 is 23.9 Å². The van der Waals surface area contributed by atoms with Gasteiger partial charge in [0.1, 0.15) is 11.6 Å². The van der Waals surface area contributed by atoms with E-state index in [0.29, 0.717) is 12.0 Å². The molecule has 3 rings (SSSR count). The number of carbonyl (C=O) groups is 1. The zero-order chi connectivity index (χ0) is 15.7. The predicted molar refractivity (Wildman–Crippen MR) is 76.7 cm³/mol. The van der Waals surface area contributed by atoms with E-state index in [2.05, 4.69) is 4.98 Å². The molecule has 6 heteroatoms. The quantitative estimate of drug-likeness (QED) is 0.888. The summed E-state index contributed by atoms with van der Waals surface area (Å²) in [4.78, 5) is 17.9. The maximum Gasteiger partial charge on any atom is 0.276 e. The zero-order valence-electron chi connectivity index (χ0n) is 11.7. The second kappa shape index (κ2) is 5.73. The van der Waals surface area contributed by atoms with Crippen LogP contribution in [0.5, 0.6) is 5.75 Å². The number of rotatable bonds is 2. The minimum absolute atomic E-state index is 0.0713. The number of aliphatic hydroxyl groups is 1. The van der Waals surface area contributed by atoms with Gasteiger partial charge in [0.05, 0.1) is 12.1 Å². The molecule has 0 unspecified atom stereocenters. The van der Waals surface area contributed by atoms with Crippen molar-refractivity contribution in [3.63, 3.8) is 0 Å². The Hall–Kier alpha value is -2.47. The highest BCUT2D eigenvalue weighted by atomic mass is 19.1. The number of β-amino-alcohol motifs (C(OH)–C–C–N with tert-alkyl or cyclic N) is 1. The molecule has 1 aliphatic heterocycles. The van der Waals surface area contributed by atoms with Crippen molar-refractivity contribution in [3.8, 4) is 5.75 Å². The van der Waals surface area contributed by atoms with E-state index in [9.17, 15) is 19.4 Å². The van der Waals surface area contributed by atoms with Crippen LogP contribution in [0.4, 0.5) is 4.39 Å². The van der Waals surface area contributed by atoms with E-state index in [4.69, 9.17) is 0 Å². The molecule has 2 atom stereocenters. The Kier molecular flexibility index (Phi) is 3.77. The lowest BCUT2D eigenvalue weighted by Gasteiger charge is -2.24. The van der Waals surface area contributed by atoms with E-state index in [0.717, 1.165) is 0 Å². The molecule has 2 N–H and O–H groups in total. The molecule has 1 saturated heterocycles. The topological polar surface area (TPSA) is 73.7 Å². The molecule has 5 nitrogen and oxygen atoms in total. The second-order valence-electron chi connectivity index (χ2n) is 5.29. The normalized spacial score (nSPS) is 21.1. The van der Waals surface area contributed by atoms with Gasteiger partial charge in [-0.25, -0.2) is 9.37 Å². The lowest BCUT2D eigenvalue weighted by Crippen LogP contribution is -2.32. The molecule has 2 aromatic rings. The number of aromatic hydroxyl groups is 1. The van der Waals surface area contributed by atoms with Crippen molar-refractivity contribution >= 4 is 5.91 Å². The third kappa shape index (κ3) is 2.65. The first-order chi connectivity index (χ1) is 10.6. The van der Waals surface area contributed by atoms with Crippen LogP contribution >= 0.6 is 0 Å². The molecule has 1 amide bonds. The first-order valence-corrected chi connectivity index (χ1v) is 6.94. The number of amides is 1. The van der Waals surface area contributed by atoms with Crippen molar-refractivity contribution in [2.75, 3.05) is 6.54 Å². The largest absolute Gasteiger partial charge is 0.505 e. The van der Waals surface area contributed by atoms with Crippen LogP contribution in [0.25, 0.3) is 0 Å². The summed E-state index contributed by atoms with van der Waals surface area (Å²) in [6, 6.07) is 8.41. The molecule has 0 spiro atoms. The fourth-order valence-corrected chi connectivity index (χ4v) is 2.77. The number of nitrogens with zero attached hydrogens (tertiary/aromatic N) is 2. The van der Waals surface area contributed by atoms with E-state index >= 15 is 0 Å². The standard InChI is InChI=1S/C16H15FN2O3/c17-11-4-1-3-10(7-11)13-8-12(20)9-19(13)16(22)15-14(21)5-2-6-18-15/h1-7,12-13,20-21H,8-9H2/t12-,13+/m1/s1. The van der Waals surface area contributed by atoms with Gasteiger partial charge >= 0.3 is 0 Å². The molecule has 2 heterocycles. The minimum Gasteiger partial charge on any atom is -0.505 e. The number of benzene rings is 1. The van der Waals surface area contributed by atoms with Crippen LogP contribution in [0.15, 0.2) is 42.6 Å². The predicted octanol–water partition coefficient (Wildman–Crippen LogP) is 1.87. The van der Waals surface area contributed by atoms with Crippen molar-refractivity contribution in [2.24, 2.45) is 0 Å². The molecule has 1 aromatic carbocycles. The Morgan fingerprint density at radius 3 is 2.86 bits per heavy atom. The van der Waals surface area contributed by atoms with Gasteiger partial charge in [0.25, 0.3) is 5.91 Å². The van der Waals surface area contributed by atoms with Crippen LogP contribution in [0, 0.1) is 5.82 Å². The fourth-order valence-electron chi connectivity index (χ4n) is 2.77. The Labute approximate surface area is 126 Å². The maximum atomic E-state index is 13.4. The number of aromatic nitrogens is 1. The molecule has 1 fully saturated rings. The van der Waals surface area contributed by atoms with Crippen LogP contribution in [0.2, 0.25) is 0 Å². The Morgan fingerprint density at radius 2 is 2.14 bits per heavy atom. The van der Waals surface area contributed by atoms with Gasteiger partial charge < -0.3 is 15.1 Å². The van der Waals surface area contributed by atoms with Gasteiger partial charge in [-0.2, -0.15) is 0 Å². The average Bonchev–Trinajstić information content (AvgIpc) is 2.89. The van der Waals surface area contributed by atoms with Crippen LogP contribution in [0.1, 0.15) is 28.5 Å². The highest BCUT2D eigenvalue weighted by Crippen LogP contribution is 2.34. The van der Waals surface area contributed by atoms with Crippen molar-refractivity contribution in [1.82, 2.24) is 9.88 Å². The summed E-state index contributed by atoms with van der Waals surface area (Å²) >= 11 is 0. The molecule has 22 heavy (non-hydrogen) atoms. The number of likely N-dealkylation sites (tertiary alicyclic amines) is 1. The molecule has 0 saturated carbocycles. The van der Waals surface area contributed by atoms with Crippen LogP contribution in [-0.2, 0) is 0 Å². The molecule has 1 aliphatic rings. The Morgan fingerprint density at radius 1 is 1.32 bits per heavy atom. The summed E-state index contributed by atoms with van der Waals surface area (Å²) in [6.07, 6.45) is 1.04. The number of carbonyl (C=O) groups excluding carboxylic acids is 1. The monoisotopic (exact) mass is 302 g/mol. The second-order valence-corrected chi connectivity index (χ2v) is 5.29. The van der Waals surface area contributed by atoms with Crippen LogP contribution in [0.3, 0.4) is 0 Å². The van der Waals surface area contributed by atoms with E-state index in [1.165, 1.54) is 35.4 Å². The highest BCUT2D eigenvalue weighted by Gasteiger charge is 2.37. The number of hydrogen-bond donors (Lipinski definition) is 2. The summed E-state index contributed by atoms with van der Waals surface area (Å²) in [5, 5.41) is 19.7. The van der Waals surface area contributed by atoms with E-state index in [-0.39, 0.29) is 18.0 Å². The summed E-state index contributed by atoms with van der Waals surface area (Å²) < 4.78 is 13.4. The molecule has 0 bridgehead atoms. The van der Waals surface area contributed by atoms with Gasteiger partial charge in [-0.15, -0.1) is 0 Å². The van der Waals surface area contributed by atoms with E-state index in [1.807, 2.05) is 0 Å². The maximum absolute atomic E-state index is 13.4. The van der Waals surface area contributed by atoms with Gasteiger partial charge in [-0.3, -0.25) is 4.79 Å². The smallest absolute Gasteiger partial charge is 0.276 e. The summed E-state index contributed by atoms with van der Waals surface area (Å²) in [5.41, 5.74) is 0.540. The molecule has 0 radical (unpaired) electrons. The van der Waals surface area contributed by atoms with Crippen molar-refractivity contribution in [3.05, 3.63) is 59.7 Å². The van der Waals surface area contributed by atoms with Gasteiger partial charge in [0, 0.05) is 12.7 Å². The highest BCUT2D eigenvalue weighted by molar-refractivity contribution is 5.95. The average molecular weight is 302 g/mol. The molecular formula is C16H15FN2O3. The van der Waals surface area contributed by atoms with Gasteiger partial charge in [-0.1, -0.05) is 12.1 Å². The number of pyridine rings is 1. The van der Waals surface area contributed by atoms with Gasteiger partial charge in [0.15, 0.2) is 5.69 Å². The third-order valence-corrected chi connectivity index (χ3v) is 3.76. The summed E-state index contributed by atoms with van der Waals surface area (Å²) in [5.74, 6) is -1.09. The van der Waals surface area contributed by atoms with Crippen LogP contribution < -0.4 is 0 Å². The Bertz CT molecular complexity index is 707. The first-order valence-electron chi connectivity index (χ1n) is 6.94. The molecular weight excluding hydrogens is 287 g/mol. The van der Waals surface area contributed by atoms with Crippen molar-refractivity contribution in [2.45, 2.75) is 18.6 Å². The summed E-state index contributed by atoms with van der Waals surface area (Å²) in [6.45, 7) is 0.121. The van der Waals surface area contributed by atoms with Gasteiger partial charge in [-0.05, 0) is 36.2 Å². The zero-order valence-corrected chi connectivity index (χ0v) is 11.7. The molecule has 114 valence electrons. The van der Waals surface area contributed by atoms with E-state index in [1.54, 1.807) is 12.1 Å².